The molecular formula is C14H17BrN4O2. The maximum Gasteiger partial charge on any atom is 0.172 e. The van der Waals surface area contributed by atoms with Crippen LogP contribution < -0.4 is 16.0 Å². The minimum absolute atomic E-state index is 0.0428. The molecule has 0 spiro atoms. The highest BCUT2D eigenvalue weighted by Crippen LogP contribution is 2.38. The number of phenols is 1. The zero-order valence-corrected chi connectivity index (χ0v) is 13.7. The highest BCUT2D eigenvalue weighted by Gasteiger charge is 2.14. The lowest BCUT2D eigenvalue weighted by atomic mass is 10.1. The van der Waals surface area contributed by atoms with E-state index >= 15 is 0 Å². The summed E-state index contributed by atoms with van der Waals surface area (Å²) in [6.45, 7) is 3.94. The van der Waals surface area contributed by atoms with E-state index in [2.05, 4.69) is 31.3 Å². The van der Waals surface area contributed by atoms with Crippen molar-refractivity contribution in [1.82, 2.24) is 9.97 Å². The molecule has 21 heavy (non-hydrogen) atoms. The van der Waals surface area contributed by atoms with Crippen molar-refractivity contribution >= 4 is 21.7 Å². The number of benzene rings is 1. The van der Waals surface area contributed by atoms with Crippen molar-refractivity contribution in [3.05, 3.63) is 27.9 Å². The molecule has 0 aliphatic rings. The third-order valence-corrected chi connectivity index (χ3v) is 3.83. The monoisotopic (exact) mass is 352 g/mol. The first-order valence-corrected chi connectivity index (χ1v) is 7.22. The van der Waals surface area contributed by atoms with Crippen LogP contribution in [-0.2, 0) is 6.42 Å². The van der Waals surface area contributed by atoms with E-state index in [4.69, 9.17) is 10.6 Å². The van der Waals surface area contributed by atoms with E-state index in [1.54, 1.807) is 12.1 Å². The molecular weight excluding hydrogens is 336 g/mol. The highest BCUT2D eigenvalue weighted by atomic mass is 79.9. The van der Waals surface area contributed by atoms with Gasteiger partial charge in [0.05, 0.1) is 11.6 Å². The third-order valence-electron chi connectivity index (χ3n) is 3.22. The zero-order valence-electron chi connectivity index (χ0n) is 12.1. The smallest absolute Gasteiger partial charge is 0.172 e. The molecule has 1 aromatic carbocycles. The second kappa shape index (κ2) is 6.28. The number of rotatable bonds is 4. The van der Waals surface area contributed by atoms with Gasteiger partial charge in [0.25, 0.3) is 0 Å². The molecule has 7 heteroatoms. The van der Waals surface area contributed by atoms with Crippen molar-refractivity contribution in [2.75, 3.05) is 12.5 Å². The van der Waals surface area contributed by atoms with Gasteiger partial charge in [0.15, 0.2) is 17.3 Å². The summed E-state index contributed by atoms with van der Waals surface area (Å²) in [6, 6.07) is 3.42. The van der Waals surface area contributed by atoms with Crippen LogP contribution in [0.2, 0.25) is 0 Å². The first-order valence-electron chi connectivity index (χ1n) is 6.42. The number of nitrogen functional groups attached to an aromatic ring is 1. The van der Waals surface area contributed by atoms with Crippen LogP contribution in [0.5, 0.6) is 11.5 Å². The Hall–Kier alpha value is -1.86. The number of nitrogens with one attached hydrogen (secondary N) is 1. The number of hydrogen-bond donors (Lipinski definition) is 3. The number of aromatic nitrogens is 2. The summed E-state index contributed by atoms with van der Waals surface area (Å²) in [6.07, 6.45) is 0.770. The van der Waals surface area contributed by atoms with Gasteiger partial charge in [-0.15, -0.1) is 0 Å². The molecule has 112 valence electrons. The Kier molecular flexibility index (Phi) is 4.64. The van der Waals surface area contributed by atoms with Gasteiger partial charge in [-0.25, -0.2) is 15.8 Å². The molecule has 4 N–H and O–H groups in total. The molecule has 0 fully saturated rings. The third kappa shape index (κ3) is 2.93. The van der Waals surface area contributed by atoms with Crippen LogP contribution in [0.15, 0.2) is 16.6 Å². The number of nitrogens with two attached hydrogens (primary N) is 1. The second-order valence-corrected chi connectivity index (χ2v) is 5.33. The number of hydrazine groups is 1. The van der Waals surface area contributed by atoms with Gasteiger partial charge in [-0.2, -0.15) is 0 Å². The van der Waals surface area contributed by atoms with E-state index < -0.39 is 0 Å². The Bertz CT molecular complexity index is 651. The topological polar surface area (TPSA) is 93.3 Å². The van der Waals surface area contributed by atoms with Gasteiger partial charge in [0, 0.05) is 16.8 Å². The van der Waals surface area contributed by atoms with Crippen LogP contribution in [-0.4, -0.2) is 22.2 Å². The van der Waals surface area contributed by atoms with Gasteiger partial charge in [-0.1, -0.05) is 6.92 Å². The van der Waals surface area contributed by atoms with Crippen molar-refractivity contribution in [3.63, 3.8) is 0 Å². The molecule has 0 radical (unpaired) electrons. The lowest BCUT2D eigenvalue weighted by Gasteiger charge is -2.12. The standard InChI is InChI=1S/C14H17BrN4O2/c1-4-10-7(2)13(19-16)18-14(17-10)8-5-9(15)12(20)11(6-8)21-3/h5-6,20H,4,16H2,1-3H3,(H,17,18,19). The SMILES string of the molecule is CCc1nc(-c2cc(Br)c(O)c(OC)c2)nc(NN)c1C. The molecule has 0 unspecified atom stereocenters. The summed E-state index contributed by atoms with van der Waals surface area (Å²) in [5.74, 6) is 7.01. The van der Waals surface area contributed by atoms with E-state index in [9.17, 15) is 5.11 Å². The summed E-state index contributed by atoms with van der Waals surface area (Å²) in [5.41, 5.74) is 5.15. The summed E-state index contributed by atoms with van der Waals surface area (Å²) in [5, 5.41) is 9.87. The highest BCUT2D eigenvalue weighted by molar-refractivity contribution is 9.10. The number of nitrogens with zero attached hydrogens (tertiary/aromatic N) is 2. The molecule has 0 aliphatic heterocycles. The van der Waals surface area contributed by atoms with Crippen LogP contribution in [0, 0.1) is 6.92 Å². The van der Waals surface area contributed by atoms with E-state index in [1.165, 1.54) is 7.11 Å². The molecule has 2 aromatic rings. The Morgan fingerprint density at radius 1 is 1.38 bits per heavy atom. The van der Waals surface area contributed by atoms with Gasteiger partial charge < -0.3 is 15.3 Å². The fourth-order valence-corrected chi connectivity index (χ4v) is 2.48. The first kappa shape index (κ1) is 15.5. The van der Waals surface area contributed by atoms with E-state index in [-0.39, 0.29) is 5.75 Å². The summed E-state index contributed by atoms with van der Waals surface area (Å²) < 4.78 is 5.66. The molecule has 6 nitrogen and oxygen atoms in total. The van der Waals surface area contributed by atoms with Crippen LogP contribution >= 0.6 is 15.9 Å². The van der Waals surface area contributed by atoms with Crippen molar-refractivity contribution in [3.8, 4) is 22.9 Å². The number of halogens is 1. The minimum Gasteiger partial charge on any atom is -0.503 e. The Labute approximate surface area is 131 Å². The summed E-state index contributed by atoms with van der Waals surface area (Å²) >= 11 is 3.29. The molecule has 2 rings (SSSR count). The van der Waals surface area contributed by atoms with Crippen LogP contribution in [0.4, 0.5) is 5.82 Å². The molecule has 0 amide bonds. The van der Waals surface area contributed by atoms with Crippen LogP contribution in [0.25, 0.3) is 11.4 Å². The van der Waals surface area contributed by atoms with Crippen molar-refractivity contribution < 1.29 is 9.84 Å². The average molecular weight is 353 g/mol. The predicted molar refractivity (Wildman–Crippen MR) is 85.3 cm³/mol. The minimum atomic E-state index is 0.0428. The van der Waals surface area contributed by atoms with Gasteiger partial charge >= 0.3 is 0 Å². The average Bonchev–Trinajstić information content (AvgIpc) is 2.50. The molecule has 0 aliphatic carbocycles. The zero-order chi connectivity index (χ0) is 15.6. The van der Waals surface area contributed by atoms with Gasteiger partial charge in [-0.05, 0) is 41.4 Å². The maximum atomic E-state index is 9.87. The fraction of sp³-hybridized carbons (Fsp3) is 0.286. The number of aryl methyl sites for hydroxylation is 1. The lowest BCUT2D eigenvalue weighted by Crippen LogP contribution is -2.13. The number of hydrogen-bond acceptors (Lipinski definition) is 6. The normalized spacial score (nSPS) is 10.5. The largest absolute Gasteiger partial charge is 0.503 e. The Morgan fingerprint density at radius 2 is 2.10 bits per heavy atom. The number of ether oxygens (including phenoxy) is 1. The fourth-order valence-electron chi connectivity index (χ4n) is 2.04. The van der Waals surface area contributed by atoms with Crippen molar-refractivity contribution in [1.29, 1.82) is 0 Å². The van der Waals surface area contributed by atoms with Gasteiger partial charge in [0.1, 0.15) is 5.82 Å². The van der Waals surface area contributed by atoms with Crippen LogP contribution in [0.3, 0.4) is 0 Å². The molecule has 0 atom stereocenters. The van der Waals surface area contributed by atoms with Crippen molar-refractivity contribution in [2.24, 2.45) is 5.84 Å². The van der Waals surface area contributed by atoms with Crippen molar-refractivity contribution in [2.45, 2.75) is 20.3 Å². The summed E-state index contributed by atoms with van der Waals surface area (Å²) in [7, 11) is 1.49. The first-order chi connectivity index (χ1) is 10.0. The molecule has 1 heterocycles. The lowest BCUT2D eigenvalue weighted by molar-refractivity contribution is 0.372. The molecule has 1 aromatic heterocycles. The predicted octanol–water partition coefficient (Wildman–Crippen LogP) is 2.78. The number of anilines is 1. The van der Waals surface area contributed by atoms with Crippen LogP contribution in [0.1, 0.15) is 18.2 Å². The molecule has 0 bridgehead atoms. The number of phenolic OH excluding ortho intramolecular Hbond substituents is 1. The molecule has 0 saturated heterocycles. The van der Waals surface area contributed by atoms with E-state index in [0.717, 1.165) is 23.2 Å². The number of methoxy groups -OCH3 is 1. The maximum absolute atomic E-state index is 9.87. The Morgan fingerprint density at radius 3 is 2.67 bits per heavy atom. The van der Waals surface area contributed by atoms with Gasteiger partial charge in [0.2, 0.25) is 0 Å². The summed E-state index contributed by atoms with van der Waals surface area (Å²) in [4.78, 5) is 8.96. The molecule has 0 saturated carbocycles. The second-order valence-electron chi connectivity index (χ2n) is 4.47. The van der Waals surface area contributed by atoms with E-state index in [1.807, 2.05) is 13.8 Å². The van der Waals surface area contributed by atoms with Gasteiger partial charge in [-0.3, -0.25) is 0 Å². The number of aromatic hydroxyl groups is 1. The Balaban J connectivity index is 2.64. The quantitative estimate of drug-likeness (QED) is 0.578. The van der Waals surface area contributed by atoms with E-state index in [0.29, 0.717) is 21.9 Å².